The molecule has 0 saturated carbocycles. The van der Waals surface area contributed by atoms with Crippen molar-refractivity contribution in [3.05, 3.63) is 137 Å². The maximum Gasteiger partial charge on any atom is 0.241 e. The van der Waals surface area contributed by atoms with Crippen molar-refractivity contribution >= 4 is 10.0 Å². The van der Waals surface area contributed by atoms with Crippen LogP contribution in [0.5, 0.6) is 0 Å². The fourth-order valence-electron chi connectivity index (χ4n) is 5.25. The summed E-state index contributed by atoms with van der Waals surface area (Å²) in [7, 11) is -3.80. The van der Waals surface area contributed by atoms with Crippen LogP contribution in [0.4, 0.5) is 0 Å². The van der Waals surface area contributed by atoms with Crippen LogP contribution in [-0.2, 0) is 16.4 Å². The molecule has 4 aromatic rings. The highest BCUT2D eigenvalue weighted by Gasteiger charge is 2.31. The van der Waals surface area contributed by atoms with Gasteiger partial charge in [-0.15, -0.1) is 0 Å². The van der Waals surface area contributed by atoms with Gasteiger partial charge in [0.15, 0.2) is 0 Å². The molecule has 4 rings (SSSR count). The third-order valence-electron chi connectivity index (χ3n) is 6.91. The molecule has 0 spiro atoms. The van der Waals surface area contributed by atoms with E-state index in [0.29, 0.717) is 4.90 Å². The van der Waals surface area contributed by atoms with E-state index in [2.05, 4.69) is 46.4 Å². The summed E-state index contributed by atoms with van der Waals surface area (Å²) in [6, 6.07) is 33.6. The summed E-state index contributed by atoms with van der Waals surface area (Å²) < 4.78 is 30.9. The molecule has 0 bridgehead atoms. The van der Waals surface area contributed by atoms with Crippen molar-refractivity contribution in [3.8, 4) is 0 Å². The Morgan fingerprint density at radius 2 is 1.16 bits per heavy atom. The molecule has 2 atom stereocenters. The molecule has 0 aliphatic carbocycles. The van der Waals surface area contributed by atoms with Crippen LogP contribution < -0.4 is 10.0 Å². The zero-order valence-electron chi connectivity index (χ0n) is 22.5. The lowest BCUT2D eigenvalue weighted by molar-refractivity contribution is 0.417. The largest absolute Gasteiger partial charge is 0.308 e. The molecule has 0 amide bonds. The maximum absolute atomic E-state index is 13.9. The third-order valence-corrected chi connectivity index (χ3v) is 8.65. The van der Waals surface area contributed by atoms with E-state index in [0.717, 1.165) is 53.6 Å². The molecule has 2 unspecified atom stereocenters. The Balaban J connectivity index is 1.62. The molecule has 0 fully saturated rings. The topological polar surface area (TPSA) is 58.2 Å². The van der Waals surface area contributed by atoms with Crippen molar-refractivity contribution in [1.29, 1.82) is 0 Å². The van der Waals surface area contributed by atoms with E-state index >= 15 is 0 Å². The number of nitrogens with one attached hydrogen (secondary N) is 2. The number of hydrogen-bond donors (Lipinski definition) is 2. The molecule has 0 heterocycles. The number of benzene rings is 4. The molecule has 4 aromatic carbocycles. The molecular weight excluding hydrogens is 488 g/mol. The molecule has 38 heavy (non-hydrogen) atoms. The van der Waals surface area contributed by atoms with Crippen molar-refractivity contribution < 1.29 is 8.42 Å². The highest BCUT2D eigenvalue weighted by molar-refractivity contribution is 7.89. The predicted octanol–water partition coefficient (Wildman–Crippen LogP) is 6.99. The fourth-order valence-corrected chi connectivity index (χ4v) is 6.94. The van der Waals surface area contributed by atoms with Gasteiger partial charge in [0.1, 0.15) is 0 Å². The minimum atomic E-state index is -3.80. The van der Waals surface area contributed by atoms with Gasteiger partial charge in [0.2, 0.25) is 10.0 Å². The van der Waals surface area contributed by atoms with Crippen molar-refractivity contribution in [1.82, 2.24) is 10.0 Å². The lowest BCUT2D eigenvalue weighted by Crippen LogP contribution is -2.39. The zero-order chi connectivity index (χ0) is 27.0. The van der Waals surface area contributed by atoms with E-state index in [1.54, 1.807) is 0 Å². The van der Waals surface area contributed by atoms with Gasteiger partial charge in [-0.3, -0.25) is 0 Å². The van der Waals surface area contributed by atoms with E-state index in [9.17, 15) is 8.42 Å². The van der Waals surface area contributed by atoms with Gasteiger partial charge in [0, 0.05) is 0 Å². The molecule has 5 heteroatoms. The third kappa shape index (κ3) is 7.19. The van der Waals surface area contributed by atoms with Crippen molar-refractivity contribution in [3.63, 3.8) is 0 Å². The van der Waals surface area contributed by atoms with Crippen LogP contribution in [0.25, 0.3) is 0 Å². The second-order valence-corrected chi connectivity index (χ2v) is 11.7. The molecule has 0 saturated heterocycles. The van der Waals surface area contributed by atoms with E-state index in [1.165, 1.54) is 5.56 Å². The number of unbranched alkanes of at least 4 members (excludes halogenated alkanes) is 1. The Morgan fingerprint density at radius 1 is 0.658 bits per heavy atom. The standard InChI is InChI=1S/C33H38N2O2S/c1-25-23-26(2)33(27(3)24-25)38(36,37)35-32(30-20-11-6-12-21-30)31(29-18-9-5-10-19-29)34-22-14-13-17-28-15-7-4-8-16-28/h4-12,15-16,18-21,23-24,31-32,34-35H,13-14,17,22H2,1-3H3. The first kappa shape index (κ1) is 27.8. The van der Waals surface area contributed by atoms with Crippen LogP contribution >= 0.6 is 0 Å². The second-order valence-electron chi connectivity index (χ2n) is 10.0. The number of rotatable bonds is 12. The average molecular weight is 527 g/mol. The minimum Gasteiger partial charge on any atom is -0.308 e. The SMILES string of the molecule is Cc1cc(C)c(S(=O)(=O)NC(c2ccccc2)C(NCCCCc2ccccc2)c2ccccc2)c(C)c1. The first-order chi connectivity index (χ1) is 18.3. The maximum atomic E-state index is 13.9. The smallest absolute Gasteiger partial charge is 0.241 e. The van der Waals surface area contributed by atoms with Crippen LogP contribution in [-0.4, -0.2) is 15.0 Å². The predicted molar refractivity (Wildman–Crippen MR) is 157 cm³/mol. The Bertz CT molecular complexity index is 1380. The van der Waals surface area contributed by atoms with Crippen molar-refractivity contribution in [2.45, 2.75) is 57.0 Å². The molecule has 198 valence electrons. The number of aryl methyl sites for hydroxylation is 4. The summed E-state index contributed by atoms with van der Waals surface area (Å²) >= 11 is 0. The van der Waals surface area contributed by atoms with Gasteiger partial charge >= 0.3 is 0 Å². The van der Waals surface area contributed by atoms with Gasteiger partial charge < -0.3 is 5.32 Å². The normalized spacial score (nSPS) is 13.2. The quantitative estimate of drug-likeness (QED) is 0.196. The van der Waals surface area contributed by atoms with Gasteiger partial charge in [-0.1, -0.05) is 109 Å². The molecule has 4 nitrogen and oxygen atoms in total. The number of hydrogen-bond acceptors (Lipinski definition) is 3. The number of sulfonamides is 1. The van der Waals surface area contributed by atoms with Crippen molar-refractivity contribution in [2.75, 3.05) is 6.54 Å². The lowest BCUT2D eigenvalue weighted by atomic mass is 9.94. The highest BCUT2D eigenvalue weighted by atomic mass is 32.2. The van der Waals surface area contributed by atoms with Crippen molar-refractivity contribution in [2.24, 2.45) is 0 Å². The molecule has 0 aromatic heterocycles. The molecule has 0 radical (unpaired) electrons. The minimum absolute atomic E-state index is 0.240. The summed E-state index contributed by atoms with van der Waals surface area (Å²) in [5.74, 6) is 0. The molecule has 0 aliphatic heterocycles. The highest BCUT2D eigenvalue weighted by Crippen LogP contribution is 2.32. The average Bonchev–Trinajstić information content (AvgIpc) is 2.90. The van der Waals surface area contributed by atoms with E-state index in [-0.39, 0.29) is 6.04 Å². The van der Waals surface area contributed by atoms with Crippen LogP contribution in [0, 0.1) is 20.8 Å². The summed E-state index contributed by atoms with van der Waals surface area (Å²) in [4.78, 5) is 0.360. The summed E-state index contributed by atoms with van der Waals surface area (Å²) in [6.45, 7) is 6.50. The van der Waals surface area contributed by atoms with E-state index in [4.69, 9.17) is 0 Å². The first-order valence-electron chi connectivity index (χ1n) is 13.3. The Hall–Kier alpha value is -3.25. The summed E-state index contributed by atoms with van der Waals surface area (Å²) in [5, 5.41) is 3.71. The van der Waals surface area contributed by atoms with E-state index in [1.807, 2.05) is 87.5 Å². The second kappa shape index (κ2) is 13.0. The van der Waals surface area contributed by atoms with E-state index < -0.39 is 16.1 Å². The van der Waals surface area contributed by atoms with Gasteiger partial charge in [-0.25, -0.2) is 13.1 Å². The van der Waals surface area contributed by atoms with Gasteiger partial charge in [0.25, 0.3) is 0 Å². The van der Waals surface area contributed by atoms with Crippen LogP contribution in [0.1, 0.15) is 58.3 Å². The van der Waals surface area contributed by atoms with Crippen LogP contribution in [0.15, 0.2) is 108 Å². The van der Waals surface area contributed by atoms with Gasteiger partial charge in [-0.2, -0.15) is 0 Å². The van der Waals surface area contributed by atoms with Crippen LogP contribution in [0.2, 0.25) is 0 Å². The Labute approximate surface area is 228 Å². The summed E-state index contributed by atoms with van der Waals surface area (Å²) in [5.41, 5.74) is 5.87. The monoisotopic (exact) mass is 526 g/mol. The molecule has 2 N–H and O–H groups in total. The lowest BCUT2D eigenvalue weighted by Gasteiger charge is -2.30. The molecule has 0 aliphatic rings. The molecular formula is C33H38N2O2S. The fraction of sp³-hybridized carbons (Fsp3) is 0.273. The van der Waals surface area contributed by atoms with Gasteiger partial charge in [0.05, 0.1) is 17.0 Å². The summed E-state index contributed by atoms with van der Waals surface area (Å²) in [6.07, 6.45) is 3.07. The first-order valence-corrected chi connectivity index (χ1v) is 14.8. The Morgan fingerprint density at radius 3 is 1.71 bits per heavy atom. The Kier molecular flexibility index (Phi) is 9.51. The zero-order valence-corrected chi connectivity index (χ0v) is 23.3. The van der Waals surface area contributed by atoms with Crippen LogP contribution in [0.3, 0.4) is 0 Å². The van der Waals surface area contributed by atoms with Gasteiger partial charge in [-0.05, 0) is 74.4 Å².